The lowest BCUT2D eigenvalue weighted by molar-refractivity contribution is 0.0303. The van der Waals surface area contributed by atoms with Gasteiger partial charge in [0.25, 0.3) is 5.91 Å². The molecular formula is C13H19N3O2. The second-order valence-electron chi connectivity index (χ2n) is 4.21. The van der Waals surface area contributed by atoms with Crippen molar-refractivity contribution in [1.82, 2.24) is 15.8 Å². The predicted octanol–water partition coefficient (Wildman–Crippen LogP) is 0.383. The maximum Gasteiger partial charge on any atom is 0.254 e. The molecule has 1 aromatic carbocycles. The minimum Gasteiger partial charge on any atom is -0.378 e. The van der Waals surface area contributed by atoms with E-state index in [9.17, 15) is 4.79 Å². The highest BCUT2D eigenvalue weighted by Crippen LogP contribution is 2.09. The van der Waals surface area contributed by atoms with E-state index in [2.05, 4.69) is 10.9 Å². The number of nitrogens with zero attached hydrogens (tertiary/aromatic N) is 1. The molecule has 1 amide bonds. The third kappa shape index (κ3) is 3.29. The van der Waals surface area contributed by atoms with Gasteiger partial charge < -0.3 is 9.64 Å². The summed E-state index contributed by atoms with van der Waals surface area (Å²) in [5.41, 5.74) is 7.76. The fourth-order valence-corrected chi connectivity index (χ4v) is 1.90. The quantitative estimate of drug-likeness (QED) is 0.758. The highest BCUT2D eigenvalue weighted by molar-refractivity contribution is 5.94. The average molecular weight is 249 g/mol. The normalized spacial score (nSPS) is 15.7. The molecule has 1 saturated heterocycles. The molecule has 1 aliphatic rings. The number of carbonyl (C=O) groups excluding carboxylic acids is 1. The predicted molar refractivity (Wildman–Crippen MR) is 69.1 cm³/mol. The molecule has 0 radical (unpaired) electrons. The first-order valence-corrected chi connectivity index (χ1v) is 6.17. The summed E-state index contributed by atoms with van der Waals surface area (Å²) in [6, 6.07) is 7.70. The molecular weight excluding hydrogens is 230 g/mol. The lowest BCUT2D eigenvalue weighted by Crippen LogP contribution is -2.40. The Morgan fingerprint density at radius 1 is 1.28 bits per heavy atom. The summed E-state index contributed by atoms with van der Waals surface area (Å²) < 4.78 is 5.24. The van der Waals surface area contributed by atoms with E-state index in [0.29, 0.717) is 26.3 Å². The third-order valence-corrected chi connectivity index (χ3v) is 2.97. The van der Waals surface area contributed by atoms with Crippen LogP contribution in [0.15, 0.2) is 24.3 Å². The number of carbonyl (C=O) groups is 1. The van der Waals surface area contributed by atoms with Crippen molar-refractivity contribution < 1.29 is 9.53 Å². The minimum absolute atomic E-state index is 0.0893. The summed E-state index contributed by atoms with van der Waals surface area (Å²) in [5.74, 6) is 0.0893. The number of rotatable bonds is 4. The second-order valence-corrected chi connectivity index (χ2v) is 4.21. The van der Waals surface area contributed by atoms with Crippen molar-refractivity contribution in [3.63, 3.8) is 0 Å². The maximum absolute atomic E-state index is 12.2. The lowest BCUT2D eigenvalue weighted by Gasteiger charge is -2.26. The molecule has 0 unspecified atom stereocenters. The second kappa shape index (κ2) is 6.49. The van der Waals surface area contributed by atoms with Crippen LogP contribution in [0.4, 0.5) is 0 Å². The van der Waals surface area contributed by atoms with Gasteiger partial charge in [-0.05, 0) is 24.7 Å². The highest BCUT2D eigenvalue weighted by atomic mass is 16.5. The maximum atomic E-state index is 12.2. The molecule has 5 heteroatoms. The first-order chi connectivity index (χ1) is 8.81. The zero-order valence-corrected chi connectivity index (χ0v) is 10.6. The third-order valence-electron chi connectivity index (χ3n) is 2.97. The standard InChI is InChI=1S/C13H19N3O2/c1-14-15-10-11-2-4-12(5-3-11)13(17)16-6-8-18-9-7-16/h2-5,14-15H,6-10H2,1H3. The first-order valence-electron chi connectivity index (χ1n) is 6.17. The molecule has 0 aliphatic carbocycles. The van der Waals surface area contributed by atoms with E-state index in [1.807, 2.05) is 36.2 Å². The molecule has 98 valence electrons. The molecule has 0 atom stereocenters. The van der Waals surface area contributed by atoms with Crippen molar-refractivity contribution >= 4 is 5.91 Å². The Balaban J connectivity index is 1.97. The summed E-state index contributed by atoms with van der Waals surface area (Å²) in [6.07, 6.45) is 0. The van der Waals surface area contributed by atoms with Crippen LogP contribution in [0, 0.1) is 0 Å². The van der Waals surface area contributed by atoms with Crippen molar-refractivity contribution in [2.24, 2.45) is 0 Å². The van der Waals surface area contributed by atoms with Gasteiger partial charge in [0, 0.05) is 25.2 Å². The van der Waals surface area contributed by atoms with E-state index in [4.69, 9.17) is 4.74 Å². The molecule has 2 rings (SSSR count). The van der Waals surface area contributed by atoms with Gasteiger partial charge in [0.15, 0.2) is 0 Å². The highest BCUT2D eigenvalue weighted by Gasteiger charge is 2.17. The van der Waals surface area contributed by atoms with Crippen molar-refractivity contribution in [2.45, 2.75) is 6.54 Å². The van der Waals surface area contributed by atoms with Crippen LogP contribution in [0.3, 0.4) is 0 Å². The fourth-order valence-electron chi connectivity index (χ4n) is 1.90. The van der Waals surface area contributed by atoms with Crippen LogP contribution >= 0.6 is 0 Å². The molecule has 0 spiro atoms. The summed E-state index contributed by atoms with van der Waals surface area (Å²) in [7, 11) is 1.83. The zero-order valence-electron chi connectivity index (χ0n) is 10.6. The molecule has 1 aromatic rings. The Kier molecular flexibility index (Phi) is 4.69. The number of benzene rings is 1. The lowest BCUT2D eigenvalue weighted by atomic mass is 10.1. The van der Waals surface area contributed by atoms with Gasteiger partial charge in [-0.2, -0.15) is 0 Å². The summed E-state index contributed by atoms with van der Waals surface area (Å²) in [6.45, 7) is 3.37. The molecule has 2 N–H and O–H groups in total. The summed E-state index contributed by atoms with van der Waals surface area (Å²) >= 11 is 0. The number of ether oxygens (including phenoxy) is 1. The summed E-state index contributed by atoms with van der Waals surface area (Å²) in [4.78, 5) is 14.0. The SMILES string of the molecule is CNNCc1ccc(C(=O)N2CCOCC2)cc1. The monoisotopic (exact) mass is 249 g/mol. The molecule has 0 saturated carbocycles. The average Bonchev–Trinajstić information content (AvgIpc) is 2.46. The number of hydrazine groups is 1. The van der Waals surface area contributed by atoms with Gasteiger partial charge in [-0.1, -0.05) is 12.1 Å². The first kappa shape index (κ1) is 13.0. The van der Waals surface area contributed by atoms with E-state index in [-0.39, 0.29) is 5.91 Å². The van der Waals surface area contributed by atoms with Crippen LogP contribution in [0.5, 0.6) is 0 Å². The molecule has 1 aliphatic heterocycles. The van der Waals surface area contributed by atoms with Crippen molar-refractivity contribution in [2.75, 3.05) is 33.4 Å². The number of amides is 1. The largest absolute Gasteiger partial charge is 0.378 e. The number of hydrogen-bond acceptors (Lipinski definition) is 4. The van der Waals surface area contributed by atoms with E-state index in [1.165, 1.54) is 0 Å². The van der Waals surface area contributed by atoms with Gasteiger partial charge in [0.05, 0.1) is 13.2 Å². The molecule has 1 heterocycles. The Morgan fingerprint density at radius 3 is 2.56 bits per heavy atom. The van der Waals surface area contributed by atoms with Gasteiger partial charge >= 0.3 is 0 Å². The Morgan fingerprint density at radius 2 is 1.94 bits per heavy atom. The topological polar surface area (TPSA) is 53.6 Å². The van der Waals surface area contributed by atoms with Crippen molar-refractivity contribution in [3.8, 4) is 0 Å². The van der Waals surface area contributed by atoms with Gasteiger partial charge in [-0.3, -0.25) is 15.6 Å². The molecule has 5 nitrogen and oxygen atoms in total. The van der Waals surface area contributed by atoms with Gasteiger partial charge in [-0.25, -0.2) is 0 Å². The minimum atomic E-state index is 0.0893. The van der Waals surface area contributed by atoms with Gasteiger partial charge in [0.1, 0.15) is 0 Å². The van der Waals surface area contributed by atoms with Crippen molar-refractivity contribution in [3.05, 3.63) is 35.4 Å². The van der Waals surface area contributed by atoms with E-state index < -0.39 is 0 Å². The fraction of sp³-hybridized carbons (Fsp3) is 0.462. The smallest absolute Gasteiger partial charge is 0.254 e. The van der Waals surface area contributed by atoms with E-state index >= 15 is 0 Å². The molecule has 0 bridgehead atoms. The molecule has 18 heavy (non-hydrogen) atoms. The van der Waals surface area contributed by atoms with Crippen molar-refractivity contribution in [1.29, 1.82) is 0 Å². The Labute approximate surface area is 107 Å². The molecule has 1 fully saturated rings. The number of nitrogens with one attached hydrogen (secondary N) is 2. The van der Waals surface area contributed by atoms with Crippen LogP contribution in [-0.2, 0) is 11.3 Å². The van der Waals surface area contributed by atoms with Gasteiger partial charge in [-0.15, -0.1) is 0 Å². The zero-order chi connectivity index (χ0) is 12.8. The van der Waals surface area contributed by atoms with Gasteiger partial charge in [0.2, 0.25) is 0 Å². The van der Waals surface area contributed by atoms with Crippen LogP contribution in [0.2, 0.25) is 0 Å². The van der Waals surface area contributed by atoms with Crippen LogP contribution in [0.1, 0.15) is 15.9 Å². The van der Waals surface area contributed by atoms with E-state index in [1.54, 1.807) is 0 Å². The number of morpholine rings is 1. The Bertz CT molecular complexity index is 386. The van der Waals surface area contributed by atoms with Crippen LogP contribution in [0.25, 0.3) is 0 Å². The molecule has 0 aromatic heterocycles. The number of hydrogen-bond donors (Lipinski definition) is 2. The summed E-state index contributed by atoms with van der Waals surface area (Å²) in [5, 5.41) is 0. The van der Waals surface area contributed by atoms with E-state index in [0.717, 1.165) is 17.7 Å². The van der Waals surface area contributed by atoms with Crippen LogP contribution in [-0.4, -0.2) is 44.2 Å². The Hall–Kier alpha value is -1.43. The van der Waals surface area contributed by atoms with Crippen LogP contribution < -0.4 is 10.9 Å².